The van der Waals surface area contributed by atoms with Crippen LogP contribution in [-0.4, -0.2) is 23.5 Å². The first-order valence-electron chi connectivity index (χ1n) is 3.57. The van der Waals surface area contributed by atoms with Crippen LogP contribution in [0.25, 0.3) is 0 Å². The fourth-order valence-electron chi connectivity index (χ4n) is 0.731. The van der Waals surface area contributed by atoms with Gasteiger partial charge in [-0.2, -0.15) is 0 Å². The lowest BCUT2D eigenvalue weighted by molar-refractivity contribution is -0.107. The van der Waals surface area contributed by atoms with E-state index in [1.165, 1.54) is 0 Å². The fourth-order valence-corrected chi connectivity index (χ4v) is 0.731. The van der Waals surface area contributed by atoms with Gasteiger partial charge in [-0.3, -0.25) is 0 Å². The van der Waals surface area contributed by atoms with Gasteiger partial charge in [-0.05, 0) is 12.7 Å². The zero-order chi connectivity index (χ0) is 7.82. The van der Waals surface area contributed by atoms with Crippen LogP contribution in [0.1, 0.15) is 25.7 Å². The number of rotatable bonds is 6. The van der Waals surface area contributed by atoms with E-state index in [9.17, 15) is 4.79 Å². The van der Waals surface area contributed by atoms with Gasteiger partial charge in [0.2, 0.25) is 0 Å². The van der Waals surface area contributed by atoms with Gasteiger partial charge in [0.15, 0.2) is 0 Å². The van der Waals surface area contributed by atoms with Crippen molar-refractivity contribution in [3.63, 3.8) is 0 Å². The summed E-state index contributed by atoms with van der Waals surface area (Å²) < 4.78 is 0. The van der Waals surface area contributed by atoms with Crippen LogP contribution in [0.15, 0.2) is 0 Å². The molecule has 0 aromatic heterocycles. The zero-order valence-electron chi connectivity index (χ0n) is 5.99. The van der Waals surface area contributed by atoms with Crippen LogP contribution in [0.2, 0.25) is 6.32 Å². The minimum atomic E-state index is -1.18. The molecule has 0 spiro atoms. The number of carbonyl (C=O) groups excluding carboxylic acids is 1. The van der Waals surface area contributed by atoms with E-state index < -0.39 is 7.12 Å². The maximum atomic E-state index is 9.80. The first-order valence-corrected chi connectivity index (χ1v) is 3.57. The van der Waals surface area contributed by atoms with Gasteiger partial charge in [-0.15, -0.1) is 0 Å². The molecule has 0 saturated carbocycles. The Bertz CT molecular complexity index is 85.1. The number of hydrogen-bond acceptors (Lipinski definition) is 3. The van der Waals surface area contributed by atoms with Crippen LogP contribution in [0.5, 0.6) is 0 Å². The summed E-state index contributed by atoms with van der Waals surface area (Å²) in [6.07, 6.45) is 4.42. The Morgan fingerprint density at radius 2 is 1.90 bits per heavy atom. The third kappa shape index (κ3) is 7.65. The molecule has 0 aliphatic carbocycles. The highest BCUT2D eigenvalue weighted by Crippen LogP contribution is 2.02. The monoisotopic (exact) mass is 144 g/mol. The minimum Gasteiger partial charge on any atom is -0.427 e. The summed E-state index contributed by atoms with van der Waals surface area (Å²) >= 11 is 0. The lowest BCUT2D eigenvalue weighted by Gasteiger charge is -1.96. The van der Waals surface area contributed by atoms with Gasteiger partial charge >= 0.3 is 7.12 Å². The SMILES string of the molecule is O=CCCCCCB(O)O. The molecule has 0 fully saturated rings. The third-order valence-corrected chi connectivity index (χ3v) is 1.28. The molecule has 0 radical (unpaired) electrons. The summed E-state index contributed by atoms with van der Waals surface area (Å²) in [6, 6.07) is 0. The Hall–Kier alpha value is -0.345. The van der Waals surface area contributed by atoms with E-state index in [4.69, 9.17) is 10.0 Å². The molecule has 2 N–H and O–H groups in total. The van der Waals surface area contributed by atoms with E-state index >= 15 is 0 Å². The van der Waals surface area contributed by atoms with Gasteiger partial charge in [0, 0.05) is 6.42 Å². The van der Waals surface area contributed by atoms with Crippen molar-refractivity contribution in [1.82, 2.24) is 0 Å². The Labute approximate surface area is 61.2 Å². The molecule has 3 nitrogen and oxygen atoms in total. The van der Waals surface area contributed by atoms with Crippen molar-refractivity contribution >= 4 is 13.4 Å². The normalized spacial score (nSPS) is 9.40. The van der Waals surface area contributed by atoms with Crippen molar-refractivity contribution in [1.29, 1.82) is 0 Å². The fraction of sp³-hybridized carbons (Fsp3) is 0.833. The van der Waals surface area contributed by atoms with Crippen LogP contribution >= 0.6 is 0 Å². The predicted molar refractivity (Wildman–Crippen MR) is 39.5 cm³/mol. The molecule has 0 saturated heterocycles. The number of hydrogen-bond donors (Lipinski definition) is 2. The molecule has 0 unspecified atom stereocenters. The molecule has 0 aliphatic heterocycles. The lowest BCUT2D eigenvalue weighted by atomic mass is 9.83. The second-order valence-corrected chi connectivity index (χ2v) is 2.29. The summed E-state index contributed by atoms with van der Waals surface area (Å²) in [5.41, 5.74) is 0. The van der Waals surface area contributed by atoms with Gasteiger partial charge in [0.1, 0.15) is 6.29 Å². The third-order valence-electron chi connectivity index (χ3n) is 1.28. The van der Waals surface area contributed by atoms with Crippen LogP contribution < -0.4 is 0 Å². The highest BCUT2D eigenvalue weighted by atomic mass is 16.4. The van der Waals surface area contributed by atoms with Crippen molar-refractivity contribution in [2.75, 3.05) is 0 Å². The maximum Gasteiger partial charge on any atom is 0.451 e. The summed E-state index contributed by atoms with van der Waals surface area (Å²) in [4.78, 5) is 9.80. The maximum absolute atomic E-state index is 9.80. The van der Waals surface area contributed by atoms with Gasteiger partial charge in [-0.1, -0.05) is 12.8 Å². The molecule has 0 rings (SSSR count). The lowest BCUT2D eigenvalue weighted by Crippen LogP contribution is -2.09. The average Bonchev–Trinajstić information content (AvgIpc) is 1.87. The van der Waals surface area contributed by atoms with Crippen LogP contribution in [0, 0.1) is 0 Å². The first-order chi connectivity index (χ1) is 4.77. The van der Waals surface area contributed by atoms with Crippen molar-refractivity contribution in [3.8, 4) is 0 Å². The second-order valence-electron chi connectivity index (χ2n) is 2.29. The second kappa shape index (κ2) is 6.77. The summed E-state index contributed by atoms with van der Waals surface area (Å²) in [5.74, 6) is 0. The highest BCUT2D eigenvalue weighted by molar-refractivity contribution is 6.40. The molecule has 0 aliphatic rings. The quantitative estimate of drug-likeness (QED) is 0.318. The van der Waals surface area contributed by atoms with Crippen molar-refractivity contribution in [2.45, 2.75) is 32.0 Å². The Morgan fingerprint density at radius 3 is 2.40 bits per heavy atom. The topological polar surface area (TPSA) is 57.5 Å². The first kappa shape index (κ1) is 9.65. The van der Waals surface area contributed by atoms with Crippen molar-refractivity contribution < 1.29 is 14.8 Å². The zero-order valence-corrected chi connectivity index (χ0v) is 5.99. The van der Waals surface area contributed by atoms with Gasteiger partial charge in [0.05, 0.1) is 0 Å². The summed E-state index contributed by atoms with van der Waals surface area (Å²) in [7, 11) is -1.18. The van der Waals surface area contributed by atoms with Crippen LogP contribution in [-0.2, 0) is 4.79 Å². The van der Waals surface area contributed by atoms with E-state index in [1.807, 2.05) is 0 Å². The Balaban J connectivity index is 2.83. The van der Waals surface area contributed by atoms with Crippen LogP contribution in [0.4, 0.5) is 0 Å². The molecular formula is C6H13BO3. The van der Waals surface area contributed by atoms with Crippen molar-refractivity contribution in [2.24, 2.45) is 0 Å². The molecule has 0 amide bonds. The molecule has 0 atom stereocenters. The molecule has 0 aromatic carbocycles. The van der Waals surface area contributed by atoms with E-state index in [0.29, 0.717) is 12.7 Å². The molecule has 4 heteroatoms. The molecular weight excluding hydrogens is 131 g/mol. The molecule has 10 heavy (non-hydrogen) atoms. The summed E-state index contributed by atoms with van der Waals surface area (Å²) in [6.45, 7) is 0. The van der Waals surface area contributed by atoms with Crippen LogP contribution in [0.3, 0.4) is 0 Å². The minimum absolute atomic E-state index is 0.416. The van der Waals surface area contributed by atoms with E-state index in [2.05, 4.69) is 0 Å². The van der Waals surface area contributed by atoms with E-state index in [0.717, 1.165) is 25.5 Å². The molecule has 0 aromatic rings. The number of carbonyl (C=O) groups is 1. The standard InChI is InChI=1S/C6H13BO3/c8-6-4-2-1-3-5-7(9)10/h6,9-10H,1-5H2. The van der Waals surface area contributed by atoms with Gasteiger partial charge < -0.3 is 14.8 Å². The summed E-state index contributed by atoms with van der Waals surface area (Å²) in [5, 5.41) is 16.8. The highest BCUT2D eigenvalue weighted by Gasteiger charge is 2.03. The predicted octanol–water partition coefficient (Wildman–Crippen LogP) is 0.219. The molecule has 0 heterocycles. The van der Waals surface area contributed by atoms with Crippen molar-refractivity contribution in [3.05, 3.63) is 0 Å². The van der Waals surface area contributed by atoms with Gasteiger partial charge in [0.25, 0.3) is 0 Å². The Morgan fingerprint density at radius 1 is 1.20 bits per heavy atom. The molecule has 0 bridgehead atoms. The average molecular weight is 144 g/mol. The van der Waals surface area contributed by atoms with Gasteiger partial charge in [-0.25, -0.2) is 0 Å². The Kier molecular flexibility index (Phi) is 6.54. The van der Waals surface area contributed by atoms with E-state index in [1.54, 1.807) is 0 Å². The number of aldehydes is 1. The van der Waals surface area contributed by atoms with E-state index in [-0.39, 0.29) is 0 Å². The smallest absolute Gasteiger partial charge is 0.427 e. The number of unbranched alkanes of at least 4 members (excludes halogenated alkanes) is 3. The largest absolute Gasteiger partial charge is 0.451 e. The molecule has 58 valence electrons.